The molecule has 2 atom stereocenters. The highest BCUT2D eigenvalue weighted by molar-refractivity contribution is 5.93. The number of carbonyl (C=O) groups is 3. The van der Waals surface area contributed by atoms with Crippen LogP contribution in [0.1, 0.15) is 34.6 Å². The molecular weight excluding hydrogens is 342 g/mol. The van der Waals surface area contributed by atoms with Crippen LogP contribution in [0.5, 0.6) is 0 Å². The number of rotatable bonds is 5. The number of ether oxygens (including phenoxy) is 2. The van der Waals surface area contributed by atoms with Crippen LogP contribution in [0.3, 0.4) is 0 Å². The minimum atomic E-state index is -1.27. The number of methoxy groups -OCH3 is 1. The van der Waals surface area contributed by atoms with Gasteiger partial charge < -0.3 is 19.3 Å². The zero-order chi connectivity index (χ0) is 19.6. The van der Waals surface area contributed by atoms with Gasteiger partial charge in [0.2, 0.25) is 5.91 Å². The molecule has 0 saturated carbocycles. The Morgan fingerprint density at radius 3 is 2.58 bits per heavy atom. The average Bonchev–Trinajstić information content (AvgIpc) is 2.57. The topological polar surface area (TPSA) is 88.6 Å². The second-order valence-electron chi connectivity index (χ2n) is 7.54. The lowest BCUT2D eigenvalue weighted by molar-refractivity contribution is -0.289. The first-order valence-corrected chi connectivity index (χ1v) is 8.85. The summed E-state index contributed by atoms with van der Waals surface area (Å²) in [7, 11) is 1.55. The van der Waals surface area contributed by atoms with E-state index in [1.54, 1.807) is 32.8 Å². The normalized spacial score (nSPS) is 25.6. The Morgan fingerprint density at radius 1 is 1.35 bits per heavy atom. The molecule has 0 radical (unpaired) electrons. The van der Waals surface area contributed by atoms with E-state index in [2.05, 4.69) is 0 Å². The van der Waals surface area contributed by atoms with Crippen LogP contribution in [0.15, 0.2) is 0 Å². The van der Waals surface area contributed by atoms with Crippen LogP contribution in [0, 0.1) is 5.92 Å². The van der Waals surface area contributed by atoms with Gasteiger partial charge in [0, 0.05) is 13.7 Å². The first-order valence-electron chi connectivity index (χ1n) is 8.85. The van der Waals surface area contributed by atoms with Gasteiger partial charge in [0.15, 0.2) is 11.8 Å². The Hall–Kier alpha value is -1.87. The summed E-state index contributed by atoms with van der Waals surface area (Å²) in [6, 6.07) is -0.707. The summed E-state index contributed by atoms with van der Waals surface area (Å²) in [4.78, 5) is 46.7. The highest BCUT2D eigenvalue weighted by Crippen LogP contribution is 2.32. The summed E-state index contributed by atoms with van der Waals surface area (Å²) in [6.07, 6.45) is -1.40. The van der Waals surface area contributed by atoms with E-state index in [0.29, 0.717) is 13.2 Å². The molecule has 2 aliphatic heterocycles. The Kier molecular flexibility index (Phi) is 6.13. The summed E-state index contributed by atoms with van der Waals surface area (Å²) in [5.41, 5.74) is -1.27. The summed E-state index contributed by atoms with van der Waals surface area (Å²) >= 11 is 0. The molecule has 148 valence electrons. The SMILES string of the molecule is COCCN1CC2N(C(=O)OCC(C)C)OC(C)(C)C(=O)N2[C@@H](C)C1=O. The number of piperazine rings is 1. The minimum absolute atomic E-state index is 0.144. The number of hydrogen-bond acceptors (Lipinski definition) is 6. The summed E-state index contributed by atoms with van der Waals surface area (Å²) in [5, 5.41) is 1.09. The minimum Gasteiger partial charge on any atom is -0.448 e. The van der Waals surface area contributed by atoms with Gasteiger partial charge in [0.25, 0.3) is 5.91 Å². The molecule has 26 heavy (non-hydrogen) atoms. The molecule has 0 bridgehead atoms. The van der Waals surface area contributed by atoms with Crippen LogP contribution in [-0.4, -0.2) is 84.0 Å². The Labute approximate surface area is 154 Å². The van der Waals surface area contributed by atoms with Crippen molar-refractivity contribution in [2.45, 2.75) is 52.4 Å². The van der Waals surface area contributed by atoms with Crippen LogP contribution in [0.2, 0.25) is 0 Å². The molecule has 9 heteroatoms. The molecule has 0 aromatic carbocycles. The van der Waals surface area contributed by atoms with Crippen molar-refractivity contribution in [1.82, 2.24) is 14.9 Å². The maximum Gasteiger partial charge on any atom is 0.436 e. The third-order valence-electron chi connectivity index (χ3n) is 4.42. The summed E-state index contributed by atoms with van der Waals surface area (Å²) < 4.78 is 10.3. The van der Waals surface area contributed by atoms with E-state index in [4.69, 9.17) is 14.3 Å². The quantitative estimate of drug-likeness (QED) is 0.711. The highest BCUT2D eigenvalue weighted by Gasteiger charge is 2.55. The van der Waals surface area contributed by atoms with Crippen LogP contribution in [0.4, 0.5) is 4.79 Å². The molecule has 0 aromatic rings. The van der Waals surface area contributed by atoms with E-state index in [1.807, 2.05) is 13.8 Å². The molecule has 2 heterocycles. The molecule has 3 amide bonds. The highest BCUT2D eigenvalue weighted by atomic mass is 16.8. The number of hydrogen-bond donors (Lipinski definition) is 0. The first-order chi connectivity index (χ1) is 12.1. The lowest BCUT2D eigenvalue weighted by Gasteiger charge is -2.53. The average molecular weight is 371 g/mol. The number of amides is 3. The fraction of sp³-hybridized carbons (Fsp3) is 0.824. The molecule has 0 aromatic heterocycles. The second kappa shape index (κ2) is 7.79. The molecule has 2 aliphatic rings. The van der Waals surface area contributed by atoms with E-state index >= 15 is 0 Å². The monoisotopic (exact) mass is 371 g/mol. The van der Waals surface area contributed by atoms with Gasteiger partial charge in [-0.2, -0.15) is 5.06 Å². The van der Waals surface area contributed by atoms with Crippen LogP contribution < -0.4 is 0 Å². The van der Waals surface area contributed by atoms with Gasteiger partial charge in [0.05, 0.1) is 19.8 Å². The van der Waals surface area contributed by atoms with E-state index in [0.717, 1.165) is 5.06 Å². The number of hydroxylamine groups is 2. The summed E-state index contributed by atoms with van der Waals surface area (Å²) in [5.74, 6) is -0.345. The standard InChI is InChI=1S/C17H29N3O6/c1-11(2)10-25-16(23)20-13-9-18(7-8-24-6)14(21)12(3)19(13)15(22)17(4,5)26-20/h11-13H,7-10H2,1-6H3/t12-,13?/m0/s1. The van der Waals surface area contributed by atoms with Crippen molar-refractivity contribution in [1.29, 1.82) is 0 Å². The van der Waals surface area contributed by atoms with Gasteiger partial charge >= 0.3 is 6.09 Å². The Morgan fingerprint density at radius 2 is 2.00 bits per heavy atom. The number of nitrogens with zero attached hydrogens (tertiary/aromatic N) is 3. The van der Waals surface area contributed by atoms with Crippen molar-refractivity contribution in [3.63, 3.8) is 0 Å². The van der Waals surface area contributed by atoms with Gasteiger partial charge in [0.1, 0.15) is 6.04 Å². The third-order valence-corrected chi connectivity index (χ3v) is 4.42. The van der Waals surface area contributed by atoms with Crippen LogP contribution in [-0.2, 0) is 23.9 Å². The van der Waals surface area contributed by atoms with Crippen molar-refractivity contribution >= 4 is 17.9 Å². The zero-order valence-corrected chi connectivity index (χ0v) is 16.4. The second-order valence-corrected chi connectivity index (χ2v) is 7.54. The van der Waals surface area contributed by atoms with Crippen molar-refractivity contribution < 1.29 is 28.7 Å². The number of fused-ring (bicyclic) bond motifs is 1. The molecule has 1 unspecified atom stereocenters. The first kappa shape index (κ1) is 20.4. The van der Waals surface area contributed by atoms with Gasteiger partial charge in [-0.15, -0.1) is 0 Å². The number of carbonyl (C=O) groups excluding carboxylic acids is 3. The van der Waals surface area contributed by atoms with E-state index in [1.165, 1.54) is 4.90 Å². The fourth-order valence-corrected chi connectivity index (χ4v) is 3.03. The van der Waals surface area contributed by atoms with Crippen molar-refractivity contribution in [3.8, 4) is 0 Å². The van der Waals surface area contributed by atoms with Gasteiger partial charge in [-0.25, -0.2) is 9.63 Å². The molecular formula is C17H29N3O6. The van der Waals surface area contributed by atoms with Crippen molar-refractivity contribution in [2.24, 2.45) is 5.92 Å². The lowest BCUT2D eigenvalue weighted by Crippen LogP contribution is -2.75. The lowest BCUT2D eigenvalue weighted by atomic mass is 10.0. The smallest absolute Gasteiger partial charge is 0.436 e. The van der Waals surface area contributed by atoms with Crippen molar-refractivity contribution in [2.75, 3.05) is 33.4 Å². The maximum atomic E-state index is 12.8. The molecule has 2 saturated heterocycles. The third kappa shape index (κ3) is 3.93. The van der Waals surface area contributed by atoms with Crippen LogP contribution in [0.25, 0.3) is 0 Å². The van der Waals surface area contributed by atoms with E-state index in [9.17, 15) is 14.4 Å². The zero-order valence-electron chi connectivity index (χ0n) is 16.4. The molecule has 0 spiro atoms. The molecule has 2 rings (SSSR count). The largest absolute Gasteiger partial charge is 0.448 e. The van der Waals surface area contributed by atoms with Gasteiger partial charge in [-0.1, -0.05) is 13.8 Å². The molecule has 0 N–H and O–H groups in total. The summed E-state index contributed by atoms with van der Waals surface area (Å²) in [6.45, 7) is 9.78. The van der Waals surface area contributed by atoms with E-state index in [-0.39, 0.29) is 30.9 Å². The van der Waals surface area contributed by atoms with Crippen LogP contribution >= 0.6 is 0 Å². The molecule has 0 aliphatic carbocycles. The van der Waals surface area contributed by atoms with E-state index < -0.39 is 23.9 Å². The predicted octanol–water partition coefficient (Wildman–Crippen LogP) is 0.837. The molecule has 2 fully saturated rings. The predicted molar refractivity (Wildman–Crippen MR) is 91.7 cm³/mol. The Bertz CT molecular complexity index is 565. The molecule has 9 nitrogen and oxygen atoms in total. The van der Waals surface area contributed by atoms with Gasteiger partial charge in [-0.05, 0) is 26.7 Å². The Balaban J connectivity index is 2.29. The van der Waals surface area contributed by atoms with Gasteiger partial charge in [-0.3, -0.25) is 9.59 Å². The van der Waals surface area contributed by atoms with Crippen molar-refractivity contribution in [3.05, 3.63) is 0 Å². The fourth-order valence-electron chi connectivity index (χ4n) is 3.03. The maximum absolute atomic E-state index is 12.8.